The fraction of sp³-hybridized carbons (Fsp3) is 0.261. The molecule has 2 amide bonds. The van der Waals surface area contributed by atoms with Crippen molar-refractivity contribution in [1.29, 1.82) is 0 Å². The molecule has 140 valence electrons. The average Bonchev–Trinajstić information content (AvgIpc) is 3.08. The highest BCUT2D eigenvalue weighted by atomic mass is 16.2. The molecular formula is C23H20N2O3. The summed E-state index contributed by atoms with van der Waals surface area (Å²) in [5, 5.41) is 2.89. The number of rotatable bonds is 1. The Balaban J connectivity index is 1.81. The Kier molecular flexibility index (Phi) is 3.27. The van der Waals surface area contributed by atoms with E-state index in [2.05, 4.69) is 5.32 Å². The normalized spacial score (nSPS) is 25.2. The molecule has 1 aliphatic carbocycles. The van der Waals surface area contributed by atoms with Crippen LogP contribution in [0.25, 0.3) is 0 Å². The fourth-order valence-corrected chi connectivity index (χ4v) is 4.83. The van der Waals surface area contributed by atoms with E-state index in [0.29, 0.717) is 40.9 Å². The van der Waals surface area contributed by atoms with Crippen LogP contribution in [-0.2, 0) is 15.1 Å². The summed E-state index contributed by atoms with van der Waals surface area (Å²) in [4.78, 5) is 41.5. The Bertz CT molecular complexity index is 1080. The molecule has 1 spiro atoms. The van der Waals surface area contributed by atoms with E-state index >= 15 is 0 Å². The summed E-state index contributed by atoms with van der Waals surface area (Å²) in [5.41, 5.74) is 1.19. The SMILES string of the molecule is CC1(C)CC(=O)C2=C(C1)N(c1ccccc1)C(=O)C21NC(=O)c2ccccc21. The number of Topliss-reactive ketones (excluding diaryl/α,β-unsaturated/α-hetero) is 1. The largest absolute Gasteiger partial charge is 0.330 e. The Hall–Kier alpha value is -3.21. The maximum atomic E-state index is 13.9. The predicted molar refractivity (Wildman–Crippen MR) is 105 cm³/mol. The number of benzene rings is 2. The van der Waals surface area contributed by atoms with Crippen LogP contribution in [0.15, 0.2) is 65.9 Å². The molecule has 2 aliphatic heterocycles. The molecule has 2 heterocycles. The number of hydrogen-bond donors (Lipinski definition) is 1. The van der Waals surface area contributed by atoms with Crippen molar-refractivity contribution in [3.8, 4) is 0 Å². The van der Waals surface area contributed by atoms with E-state index in [-0.39, 0.29) is 23.0 Å². The zero-order chi connectivity index (χ0) is 19.7. The van der Waals surface area contributed by atoms with Crippen molar-refractivity contribution < 1.29 is 14.4 Å². The number of ketones is 1. The van der Waals surface area contributed by atoms with Crippen LogP contribution in [0.5, 0.6) is 0 Å². The molecule has 28 heavy (non-hydrogen) atoms. The van der Waals surface area contributed by atoms with Crippen LogP contribution in [0.2, 0.25) is 0 Å². The van der Waals surface area contributed by atoms with E-state index in [1.165, 1.54) is 0 Å². The third-order valence-corrected chi connectivity index (χ3v) is 5.91. The standard InChI is InChI=1S/C23H20N2O3/c1-22(2)12-17-19(18(26)13-22)23(16-11-7-6-10-15(16)20(27)24-23)21(28)25(17)14-8-4-3-5-9-14/h3-11H,12-13H2,1-2H3,(H,24,27). The first-order chi connectivity index (χ1) is 13.3. The number of para-hydroxylation sites is 1. The highest BCUT2D eigenvalue weighted by Crippen LogP contribution is 2.53. The monoisotopic (exact) mass is 372 g/mol. The number of carbonyl (C=O) groups excluding carboxylic acids is 3. The quantitative estimate of drug-likeness (QED) is 0.835. The second-order valence-corrected chi connectivity index (χ2v) is 8.49. The summed E-state index contributed by atoms with van der Waals surface area (Å²) >= 11 is 0. The van der Waals surface area contributed by atoms with Gasteiger partial charge in [0.15, 0.2) is 11.3 Å². The lowest BCUT2D eigenvalue weighted by atomic mass is 9.71. The van der Waals surface area contributed by atoms with Crippen LogP contribution in [0.4, 0.5) is 5.69 Å². The number of hydrogen-bond acceptors (Lipinski definition) is 3. The lowest BCUT2D eigenvalue weighted by Gasteiger charge is -2.33. The van der Waals surface area contributed by atoms with Gasteiger partial charge in [-0.05, 0) is 30.0 Å². The molecule has 3 aliphatic rings. The first kappa shape index (κ1) is 16.9. The highest BCUT2D eigenvalue weighted by Gasteiger charge is 2.62. The van der Waals surface area contributed by atoms with Crippen LogP contribution < -0.4 is 10.2 Å². The number of nitrogens with one attached hydrogen (secondary N) is 1. The minimum Gasteiger partial charge on any atom is -0.330 e. The number of nitrogens with zero attached hydrogens (tertiary/aromatic N) is 1. The molecule has 2 aromatic rings. The zero-order valence-electron chi connectivity index (χ0n) is 15.8. The molecule has 5 rings (SSSR count). The van der Waals surface area contributed by atoms with E-state index in [9.17, 15) is 14.4 Å². The van der Waals surface area contributed by atoms with Gasteiger partial charge in [0, 0.05) is 28.9 Å². The maximum absolute atomic E-state index is 13.9. The first-order valence-corrected chi connectivity index (χ1v) is 9.44. The van der Waals surface area contributed by atoms with Crippen LogP contribution in [0.1, 0.15) is 42.6 Å². The van der Waals surface area contributed by atoms with Crippen molar-refractivity contribution in [1.82, 2.24) is 5.32 Å². The number of allylic oxidation sites excluding steroid dienone is 1. The zero-order valence-corrected chi connectivity index (χ0v) is 15.8. The fourth-order valence-electron chi connectivity index (χ4n) is 4.83. The van der Waals surface area contributed by atoms with Crippen molar-refractivity contribution in [2.24, 2.45) is 5.41 Å². The summed E-state index contributed by atoms with van der Waals surface area (Å²) in [6.07, 6.45) is 0.941. The first-order valence-electron chi connectivity index (χ1n) is 9.44. The summed E-state index contributed by atoms with van der Waals surface area (Å²) < 4.78 is 0. The smallest absolute Gasteiger partial charge is 0.266 e. The summed E-state index contributed by atoms with van der Waals surface area (Å²) in [7, 11) is 0. The molecule has 0 saturated carbocycles. The maximum Gasteiger partial charge on any atom is 0.266 e. The van der Waals surface area contributed by atoms with Crippen molar-refractivity contribution in [2.45, 2.75) is 32.2 Å². The molecule has 0 aromatic heterocycles. The topological polar surface area (TPSA) is 66.5 Å². The van der Waals surface area contributed by atoms with Gasteiger partial charge in [0.05, 0.1) is 5.57 Å². The van der Waals surface area contributed by atoms with Gasteiger partial charge >= 0.3 is 0 Å². The molecule has 2 aromatic carbocycles. The van der Waals surface area contributed by atoms with Gasteiger partial charge in [-0.1, -0.05) is 50.2 Å². The van der Waals surface area contributed by atoms with Crippen LogP contribution in [0, 0.1) is 5.41 Å². The third kappa shape index (κ3) is 2.04. The predicted octanol–water partition coefficient (Wildman–Crippen LogP) is 3.32. The second kappa shape index (κ2) is 5.41. The molecule has 1 N–H and O–H groups in total. The van der Waals surface area contributed by atoms with Gasteiger partial charge in [0.2, 0.25) is 0 Å². The Morgan fingerprint density at radius 2 is 1.57 bits per heavy atom. The summed E-state index contributed by atoms with van der Waals surface area (Å²) in [6, 6.07) is 16.4. The number of carbonyl (C=O) groups is 3. The molecule has 5 nitrogen and oxygen atoms in total. The third-order valence-electron chi connectivity index (χ3n) is 5.91. The van der Waals surface area contributed by atoms with Crippen molar-refractivity contribution in [3.05, 3.63) is 77.0 Å². The van der Waals surface area contributed by atoms with Crippen LogP contribution in [-0.4, -0.2) is 17.6 Å². The molecule has 1 unspecified atom stereocenters. The lowest BCUT2D eigenvalue weighted by Crippen LogP contribution is -2.50. The van der Waals surface area contributed by atoms with Crippen LogP contribution >= 0.6 is 0 Å². The van der Waals surface area contributed by atoms with E-state index in [0.717, 1.165) is 0 Å². The average molecular weight is 372 g/mol. The van der Waals surface area contributed by atoms with E-state index in [4.69, 9.17) is 0 Å². The molecule has 1 atom stereocenters. The van der Waals surface area contributed by atoms with E-state index in [1.807, 2.05) is 44.2 Å². The van der Waals surface area contributed by atoms with Crippen molar-refractivity contribution >= 4 is 23.3 Å². The van der Waals surface area contributed by atoms with Gasteiger partial charge in [-0.3, -0.25) is 19.3 Å². The molecule has 0 fully saturated rings. The number of amides is 2. The molecular weight excluding hydrogens is 352 g/mol. The minimum absolute atomic E-state index is 0.0740. The Labute approximate surface area is 163 Å². The molecule has 0 saturated heterocycles. The summed E-state index contributed by atoms with van der Waals surface area (Å²) in [5.74, 6) is -0.675. The molecule has 5 heteroatoms. The van der Waals surface area contributed by atoms with Gasteiger partial charge < -0.3 is 5.32 Å². The van der Waals surface area contributed by atoms with Gasteiger partial charge in [-0.25, -0.2) is 0 Å². The van der Waals surface area contributed by atoms with Gasteiger partial charge in [-0.2, -0.15) is 0 Å². The summed E-state index contributed by atoms with van der Waals surface area (Å²) in [6.45, 7) is 4.07. The Morgan fingerprint density at radius 3 is 2.32 bits per heavy atom. The van der Waals surface area contributed by atoms with E-state index < -0.39 is 5.54 Å². The van der Waals surface area contributed by atoms with Crippen LogP contribution in [0.3, 0.4) is 0 Å². The lowest BCUT2D eigenvalue weighted by molar-refractivity contribution is -0.124. The molecule has 0 radical (unpaired) electrons. The van der Waals surface area contributed by atoms with E-state index in [1.54, 1.807) is 29.2 Å². The van der Waals surface area contributed by atoms with Crippen molar-refractivity contribution in [3.63, 3.8) is 0 Å². The Morgan fingerprint density at radius 1 is 0.893 bits per heavy atom. The van der Waals surface area contributed by atoms with Gasteiger partial charge in [0.1, 0.15) is 0 Å². The van der Waals surface area contributed by atoms with Gasteiger partial charge in [0.25, 0.3) is 11.8 Å². The minimum atomic E-state index is -1.42. The second-order valence-electron chi connectivity index (χ2n) is 8.49. The molecule has 0 bridgehead atoms. The van der Waals surface area contributed by atoms with Gasteiger partial charge in [-0.15, -0.1) is 0 Å². The van der Waals surface area contributed by atoms with Crippen molar-refractivity contribution in [2.75, 3.05) is 4.90 Å². The highest BCUT2D eigenvalue weighted by molar-refractivity contribution is 6.23. The number of anilines is 1. The number of fused-ring (bicyclic) bond motifs is 3.